The second-order valence-corrected chi connectivity index (χ2v) is 7.46. The van der Waals surface area contributed by atoms with Gasteiger partial charge < -0.3 is 5.11 Å². The summed E-state index contributed by atoms with van der Waals surface area (Å²) in [6.07, 6.45) is 0. The molecule has 1 saturated heterocycles. The third-order valence-corrected chi connectivity index (χ3v) is 5.49. The molecule has 2 aromatic carbocycles. The Balaban J connectivity index is 1.84. The molecule has 6 heteroatoms. The van der Waals surface area contributed by atoms with E-state index >= 15 is 0 Å². The molecular weight excluding hydrogens is 371 g/mol. The average Bonchev–Trinajstić information content (AvgIpc) is 2.65. The van der Waals surface area contributed by atoms with Gasteiger partial charge in [-0.2, -0.15) is 0 Å². The summed E-state index contributed by atoms with van der Waals surface area (Å²) >= 11 is 12.1. The Hall–Kier alpha value is -1.59. The lowest BCUT2D eigenvalue weighted by atomic mass is 9.96. The second kappa shape index (κ2) is 8.40. The summed E-state index contributed by atoms with van der Waals surface area (Å²) in [6.45, 7) is 4.80. The Morgan fingerprint density at radius 2 is 1.23 bits per heavy atom. The fraction of sp³-hybridized carbons (Fsp3) is 0.350. The standard InChI is InChI=1S/C20H22Cl2N2O2/c1-14(20(25)26)23-10-12-24(13-11-23)19(15-2-6-17(21)7-3-15)16-4-8-18(22)9-5-16/h2-9,14,19H,10-13H2,1H3,(H,25,26). The van der Waals surface area contributed by atoms with Gasteiger partial charge in [0.1, 0.15) is 6.04 Å². The van der Waals surface area contributed by atoms with E-state index < -0.39 is 12.0 Å². The van der Waals surface area contributed by atoms with E-state index in [2.05, 4.69) is 4.90 Å². The van der Waals surface area contributed by atoms with E-state index in [1.165, 1.54) is 0 Å². The van der Waals surface area contributed by atoms with E-state index in [1.54, 1.807) is 6.92 Å². The lowest BCUT2D eigenvalue weighted by Crippen LogP contribution is -2.52. The maximum Gasteiger partial charge on any atom is 0.320 e. The molecule has 1 aliphatic heterocycles. The minimum absolute atomic E-state index is 0.0896. The van der Waals surface area contributed by atoms with Crippen LogP contribution < -0.4 is 0 Å². The Bertz CT molecular complexity index is 696. The molecule has 0 spiro atoms. The Morgan fingerprint density at radius 3 is 1.62 bits per heavy atom. The largest absolute Gasteiger partial charge is 0.480 e. The molecule has 1 atom stereocenters. The predicted molar refractivity (Wildman–Crippen MR) is 105 cm³/mol. The fourth-order valence-electron chi connectivity index (χ4n) is 3.44. The van der Waals surface area contributed by atoms with Gasteiger partial charge in [-0.25, -0.2) is 0 Å². The number of nitrogens with zero attached hydrogens (tertiary/aromatic N) is 2. The van der Waals surface area contributed by atoms with E-state index in [4.69, 9.17) is 23.2 Å². The quantitative estimate of drug-likeness (QED) is 0.828. The molecule has 0 radical (unpaired) electrons. The highest BCUT2D eigenvalue weighted by molar-refractivity contribution is 6.30. The first-order valence-corrected chi connectivity index (χ1v) is 9.43. The summed E-state index contributed by atoms with van der Waals surface area (Å²) in [7, 11) is 0. The van der Waals surface area contributed by atoms with Gasteiger partial charge in [-0.1, -0.05) is 47.5 Å². The van der Waals surface area contributed by atoms with Crippen LogP contribution in [0.25, 0.3) is 0 Å². The lowest BCUT2D eigenvalue weighted by Gasteiger charge is -2.41. The molecule has 0 aromatic heterocycles. The van der Waals surface area contributed by atoms with Gasteiger partial charge in [0.25, 0.3) is 0 Å². The minimum atomic E-state index is -0.773. The number of halogens is 2. The van der Waals surface area contributed by atoms with Crippen molar-refractivity contribution in [1.82, 2.24) is 9.80 Å². The molecule has 0 aliphatic carbocycles. The third-order valence-electron chi connectivity index (χ3n) is 4.99. The van der Waals surface area contributed by atoms with E-state index in [1.807, 2.05) is 53.4 Å². The summed E-state index contributed by atoms with van der Waals surface area (Å²) in [5, 5.41) is 10.7. The highest BCUT2D eigenvalue weighted by Crippen LogP contribution is 2.31. The second-order valence-electron chi connectivity index (χ2n) is 6.59. The van der Waals surface area contributed by atoms with Gasteiger partial charge >= 0.3 is 5.97 Å². The number of benzene rings is 2. The highest BCUT2D eigenvalue weighted by Gasteiger charge is 2.30. The predicted octanol–water partition coefficient (Wildman–Crippen LogP) is 4.17. The van der Waals surface area contributed by atoms with Crippen molar-refractivity contribution >= 4 is 29.2 Å². The zero-order chi connectivity index (χ0) is 18.7. The van der Waals surface area contributed by atoms with Crippen LogP contribution in [0.5, 0.6) is 0 Å². The summed E-state index contributed by atoms with van der Waals surface area (Å²) < 4.78 is 0. The first kappa shape index (κ1) is 19.2. The first-order chi connectivity index (χ1) is 12.5. The van der Waals surface area contributed by atoms with E-state index in [0.29, 0.717) is 10.0 Å². The molecule has 1 fully saturated rings. The molecule has 0 amide bonds. The number of piperazine rings is 1. The Morgan fingerprint density at radius 1 is 0.846 bits per heavy atom. The van der Waals surface area contributed by atoms with Gasteiger partial charge in [-0.3, -0.25) is 14.6 Å². The van der Waals surface area contributed by atoms with Crippen molar-refractivity contribution < 1.29 is 9.90 Å². The van der Waals surface area contributed by atoms with Gasteiger partial charge in [0, 0.05) is 36.2 Å². The van der Waals surface area contributed by atoms with Crippen LogP contribution in [0.4, 0.5) is 0 Å². The molecule has 3 rings (SSSR count). The van der Waals surface area contributed by atoms with E-state index in [-0.39, 0.29) is 6.04 Å². The van der Waals surface area contributed by atoms with Crippen molar-refractivity contribution in [3.63, 3.8) is 0 Å². The maximum atomic E-state index is 11.2. The fourth-order valence-corrected chi connectivity index (χ4v) is 3.70. The molecule has 1 aliphatic rings. The van der Waals surface area contributed by atoms with Crippen molar-refractivity contribution in [2.45, 2.75) is 19.0 Å². The summed E-state index contributed by atoms with van der Waals surface area (Å²) in [6, 6.07) is 15.5. The van der Waals surface area contributed by atoms with Crippen LogP contribution >= 0.6 is 23.2 Å². The molecule has 1 heterocycles. The highest BCUT2D eigenvalue weighted by atomic mass is 35.5. The number of rotatable bonds is 5. The van der Waals surface area contributed by atoms with Crippen molar-refractivity contribution in [3.05, 3.63) is 69.7 Å². The zero-order valence-corrected chi connectivity index (χ0v) is 16.1. The Kier molecular flexibility index (Phi) is 6.20. The van der Waals surface area contributed by atoms with Crippen LogP contribution in [-0.2, 0) is 4.79 Å². The number of hydrogen-bond acceptors (Lipinski definition) is 3. The molecular formula is C20H22Cl2N2O2. The third kappa shape index (κ3) is 4.38. The van der Waals surface area contributed by atoms with Gasteiger partial charge in [0.15, 0.2) is 0 Å². The van der Waals surface area contributed by atoms with Gasteiger partial charge in [0.2, 0.25) is 0 Å². The van der Waals surface area contributed by atoms with Crippen LogP contribution in [-0.4, -0.2) is 53.1 Å². The minimum Gasteiger partial charge on any atom is -0.480 e. The SMILES string of the molecule is CC(C(=O)O)N1CCN(C(c2ccc(Cl)cc2)c2ccc(Cl)cc2)CC1. The van der Waals surface area contributed by atoms with Gasteiger partial charge in [0.05, 0.1) is 6.04 Å². The number of hydrogen-bond donors (Lipinski definition) is 1. The lowest BCUT2D eigenvalue weighted by molar-refractivity contribution is -0.143. The number of aliphatic carboxylic acids is 1. The molecule has 138 valence electrons. The van der Waals surface area contributed by atoms with E-state index in [0.717, 1.165) is 37.3 Å². The smallest absolute Gasteiger partial charge is 0.320 e. The molecule has 4 nitrogen and oxygen atoms in total. The number of carbonyl (C=O) groups is 1. The molecule has 1 unspecified atom stereocenters. The average molecular weight is 393 g/mol. The normalized spacial score (nSPS) is 17.4. The van der Waals surface area contributed by atoms with E-state index in [9.17, 15) is 9.90 Å². The monoisotopic (exact) mass is 392 g/mol. The van der Waals surface area contributed by atoms with Crippen molar-refractivity contribution in [2.75, 3.05) is 26.2 Å². The number of carboxylic acids is 1. The van der Waals surface area contributed by atoms with Crippen molar-refractivity contribution in [2.24, 2.45) is 0 Å². The molecule has 0 saturated carbocycles. The molecule has 1 N–H and O–H groups in total. The molecule has 2 aromatic rings. The molecule has 26 heavy (non-hydrogen) atoms. The van der Waals surface area contributed by atoms with Gasteiger partial charge in [-0.05, 0) is 42.3 Å². The van der Waals surface area contributed by atoms with Crippen molar-refractivity contribution in [1.29, 1.82) is 0 Å². The van der Waals surface area contributed by atoms with Crippen molar-refractivity contribution in [3.8, 4) is 0 Å². The summed E-state index contributed by atoms with van der Waals surface area (Å²) in [5.74, 6) is -0.773. The zero-order valence-electron chi connectivity index (χ0n) is 14.6. The summed E-state index contributed by atoms with van der Waals surface area (Å²) in [5.41, 5.74) is 2.33. The topological polar surface area (TPSA) is 43.8 Å². The first-order valence-electron chi connectivity index (χ1n) is 8.67. The van der Waals surface area contributed by atoms with Crippen LogP contribution in [0.3, 0.4) is 0 Å². The maximum absolute atomic E-state index is 11.2. The van der Waals surface area contributed by atoms with Gasteiger partial charge in [-0.15, -0.1) is 0 Å². The van der Waals surface area contributed by atoms with Crippen LogP contribution in [0.2, 0.25) is 10.0 Å². The van der Waals surface area contributed by atoms with Crippen LogP contribution in [0, 0.1) is 0 Å². The summed E-state index contributed by atoms with van der Waals surface area (Å²) in [4.78, 5) is 15.6. The van der Waals surface area contributed by atoms with Crippen LogP contribution in [0.1, 0.15) is 24.1 Å². The molecule has 0 bridgehead atoms. The van der Waals surface area contributed by atoms with Crippen LogP contribution in [0.15, 0.2) is 48.5 Å². The Labute approximate surface area is 163 Å². The number of carboxylic acid groups (broad SMARTS) is 1.